The molecule has 1 aromatic heterocycles. The standard InChI is InChI=1S/C18H25N5O3/c19-18(26)23-6-1-2-12(9-23)17(25)22-7-5-13-14(10-22)20-15(21-16(13)24)8-11-3-4-11/h11-12H,1-10H2,(H2,19,26)(H,20,21,24). The molecule has 1 saturated heterocycles. The van der Waals surface area contributed by atoms with Crippen LogP contribution in [0.4, 0.5) is 4.79 Å². The summed E-state index contributed by atoms with van der Waals surface area (Å²) in [5, 5.41) is 0. The van der Waals surface area contributed by atoms with E-state index in [0.717, 1.165) is 30.8 Å². The van der Waals surface area contributed by atoms with E-state index < -0.39 is 6.03 Å². The Kier molecular flexibility index (Phi) is 4.42. The van der Waals surface area contributed by atoms with Crippen molar-refractivity contribution in [2.75, 3.05) is 19.6 Å². The number of nitrogens with one attached hydrogen (secondary N) is 1. The molecule has 1 saturated carbocycles. The highest BCUT2D eigenvalue weighted by Crippen LogP contribution is 2.31. The molecule has 26 heavy (non-hydrogen) atoms. The SMILES string of the molecule is NC(=O)N1CCCC(C(=O)N2CCc3c(nc(CC4CC4)[nH]c3=O)C2)C1. The molecule has 1 atom stereocenters. The minimum Gasteiger partial charge on any atom is -0.351 e. The third-order valence-corrected chi connectivity index (χ3v) is 5.70. The van der Waals surface area contributed by atoms with Crippen LogP contribution in [0.15, 0.2) is 4.79 Å². The topological polar surface area (TPSA) is 112 Å². The average molecular weight is 359 g/mol. The van der Waals surface area contributed by atoms with Crippen LogP contribution in [0.25, 0.3) is 0 Å². The van der Waals surface area contributed by atoms with Gasteiger partial charge >= 0.3 is 6.03 Å². The summed E-state index contributed by atoms with van der Waals surface area (Å²) < 4.78 is 0. The zero-order valence-electron chi connectivity index (χ0n) is 14.9. The van der Waals surface area contributed by atoms with Crippen LogP contribution in [-0.4, -0.2) is 51.3 Å². The van der Waals surface area contributed by atoms with Crippen LogP contribution in [0, 0.1) is 11.8 Å². The number of urea groups is 1. The minimum absolute atomic E-state index is 0.0347. The number of nitrogens with two attached hydrogens (primary N) is 1. The van der Waals surface area contributed by atoms with Crippen molar-refractivity contribution in [2.24, 2.45) is 17.6 Å². The number of hydrogen-bond acceptors (Lipinski definition) is 4. The molecule has 2 fully saturated rings. The van der Waals surface area contributed by atoms with Gasteiger partial charge in [-0.3, -0.25) is 9.59 Å². The van der Waals surface area contributed by atoms with Gasteiger partial charge in [0.05, 0.1) is 18.2 Å². The van der Waals surface area contributed by atoms with E-state index in [2.05, 4.69) is 9.97 Å². The van der Waals surface area contributed by atoms with Crippen LogP contribution in [-0.2, 0) is 24.2 Å². The van der Waals surface area contributed by atoms with Crippen molar-refractivity contribution in [3.63, 3.8) is 0 Å². The lowest BCUT2D eigenvalue weighted by molar-refractivity contribution is -0.138. The summed E-state index contributed by atoms with van der Waals surface area (Å²) in [6, 6.07) is -0.468. The number of fused-ring (bicyclic) bond motifs is 1. The van der Waals surface area contributed by atoms with Gasteiger partial charge in [0.15, 0.2) is 0 Å². The Bertz CT molecular complexity index is 786. The fraction of sp³-hybridized carbons (Fsp3) is 0.667. The van der Waals surface area contributed by atoms with Crippen molar-refractivity contribution in [1.82, 2.24) is 19.8 Å². The molecular formula is C18H25N5O3. The number of piperidine rings is 1. The van der Waals surface area contributed by atoms with E-state index in [1.807, 2.05) is 0 Å². The lowest BCUT2D eigenvalue weighted by Gasteiger charge is -2.35. The smallest absolute Gasteiger partial charge is 0.314 e. The van der Waals surface area contributed by atoms with Gasteiger partial charge in [-0.1, -0.05) is 0 Å². The second-order valence-corrected chi connectivity index (χ2v) is 7.72. The highest BCUT2D eigenvalue weighted by molar-refractivity contribution is 5.80. The Hall–Kier alpha value is -2.38. The van der Waals surface area contributed by atoms with Crippen molar-refractivity contribution in [1.29, 1.82) is 0 Å². The summed E-state index contributed by atoms with van der Waals surface area (Å²) in [5.74, 6) is 1.20. The number of nitrogens with zero attached hydrogens (tertiary/aromatic N) is 3. The Balaban J connectivity index is 1.48. The van der Waals surface area contributed by atoms with Crippen LogP contribution in [0.1, 0.15) is 42.8 Å². The molecule has 140 valence electrons. The molecule has 3 heterocycles. The molecule has 1 aliphatic carbocycles. The quantitative estimate of drug-likeness (QED) is 0.813. The van der Waals surface area contributed by atoms with E-state index in [-0.39, 0.29) is 17.4 Å². The van der Waals surface area contributed by atoms with Gasteiger partial charge in [-0.15, -0.1) is 0 Å². The van der Waals surface area contributed by atoms with Crippen LogP contribution in [0.3, 0.4) is 0 Å². The van der Waals surface area contributed by atoms with E-state index in [1.165, 1.54) is 12.8 Å². The predicted octanol–water partition coefficient (Wildman–Crippen LogP) is 0.398. The molecule has 1 aromatic rings. The first-order chi connectivity index (χ1) is 12.5. The monoisotopic (exact) mass is 359 g/mol. The van der Waals surface area contributed by atoms with E-state index >= 15 is 0 Å². The first kappa shape index (κ1) is 17.1. The third-order valence-electron chi connectivity index (χ3n) is 5.70. The summed E-state index contributed by atoms with van der Waals surface area (Å²) in [5.41, 5.74) is 6.74. The zero-order valence-corrected chi connectivity index (χ0v) is 14.9. The number of likely N-dealkylation sites (tertiary alicyclic amines) is 1. The summed E-state index contributed by atoms with van der Waals surface area (Å²) in [7, 11) is 0. The Labute approximate surface area is 151 Å². The number of amides is 3. The van der Waals surface area contributed by atoms with Crippen LogP contribution in [0.5, 0.6) is 0 Å². The zero-order chi connectivity index (χ0) is 18.3. The number of carbonyl (C=O) groups is 2. The van der Waals surface area contributed by atoms with Crippen molar-refractivity contribution >= 4 is 11.9 Å². The maximum atomic E-state index is 12.9. The van der Waals surface area contributed by atoms with Crippen LogP contribution in [0.2, 0.25) is 0 Å². The van der Waals surface area contributed by atoms with Gasteiger partial charge < -0.3 is 20.5 Å². The van der Waals surface area contributed by atoms with Gasteiger partial charge in [0.1, 0.15) is 5.82 Å². The molecule has 8 heteroatoms. The number of hydrogen-bond donors (Lipinski definition) is 2. The molecule has 1 unspecified atom stereocenters. The summed E-state index contributed by atoms with van der Waals surface area (Å²) >= 11 is 0. The number of primary amides is 1. The summed E-state index contributed by atoms with van der Waals surface area (Å²) in [4.78, 5) is 47.5. The van der Waals surface area contributed by atoms with Gasteiger partial charge in [0, 0.05) is 31.6 Å². The van der Waals surface area contributed by atoms with Crippen LogP contribution < -0.4 is 11.3 Å². The lowest BCUT2D eigenvalue weighted by atomic mass is 9.95. The fourth-order valence-corrected chi connectivity index (χ4v) is 4.01. The molecule has 3 N–H and O–H groups in total. The van der Waals surface area contributed by atoms with E-state index in [4.69, 9.17) is 5.73 Å². The molecule has 0 bridgehead atoms. The van der Waals surface area contributed by atoms with Gasteiger partial charge in [-0.2, -0.15) is 0 Å². The normalized spacial score (nSPS) is 22.8. The van der Waals surface area contributed by atoms with Crippen LogP contribution >= 0.6 is 0 Å². The van der Waals surface area contributed by atoms with Crippen molar-refractivity contribution in [2.45, 2.75) is 45.1 Å². The largest absolute Gasteiger partial charge is 0.351 e. The first-order valence-corrected chi connectivity index (χ1v) is 9.45. The highest BCUT2D eigenvalue weighted by atomic mass is 16.2. The molecule has 0 radical (unpaired) electrons. The number of H-pyrrole nitrogens is 1. The number of rotatable bonds is 3. The molecule has 3 aliphatic rings. The molecule has 3 amide bonds. The lowest BCUT2D eigenvalue weighted by Crippen LogP contribution is -2.49. The Morgan fingerprint density at radius 3 is 2.73 bits per heavy atom. The number of aromatic amines is 1. The van der Waals surface area contributed by atoms with E-state index in [0.29, 0.717) is 44.1 Å². The maximum absolute atomic E-state index is 12.9. The van der Waals surface area contributed by atoms with Gasteiger partial charge in [-0.25, -0.2) is 9.78 Å². The van der Waals surface area contributed by atoms with Gasteiger partial charge in [-0.05, 0) is 38.0 Å². The fourth-order valence-electron chi connectivity index (χ4n) is 4.01. The maximum Gasteiger partial charge on any atom is 0.314 e. The first-order valence-electron chi connectivity index (χ1n) is 9.45. The highest BCUT2D eigenvalue weighted by Gasteiger charge is 2.33. The second-order valence-electron chi connectivity index (χ2n) is 7.72. The number of aromatic nitrogens is 2. The molecule has 2 aliphatic heterocycles. The van der Waals surface area contributed by atoms with E-state index in [1.54, 1.807) is 9.80 Å². The molecule has 0 aromatic carbocycles. The molecule has 4 rings (SSSR count). The Morgan fingerprint density at radius 2 is 2.00 bits per heavy atom. The van der Waals surface area contributed by atoms with Crippen molar-refractivity contribution in [3.8, 4) is 0 Å². The van der Waals surface area contributed by atoms with Gasteiger partial charge in [0.2, 0.25) is 5.91 Å². The van der Waals surface area contributed by atoms with Gasteiger partial charge in [0.25, 0.3) is 5.56 Å². The molecular weight excluding hydrogens is 334 g/mol. The number of carbonyl (C=O) groups excluding carboxylic acids is 2. The molecule has 8 nitrogen and oxygen atoms in total. The average Bonchev–Trinajstić information content (AvgIpc) is 3.44. The second kappa shape index (κ2) is 6.74. The van der Waals surface area contributed by atoms with E-state index in [9.17, 15) is 14.4 Å². The van der Waals surface area contributed by atoms with Crippen molar-refractivity contribution in [3.05, 3.63) is 27.4 Å². The Morgan fingerprint density at radius 1 is 1.19 bits per heavy atom. The van der Waals surface area contributed by atoms with Crippen molar-refractivity contribution < 1.29 is 9.59 Å². The summed E-state index contributed by atoms with van der Waals surface area (Å²) in [6.45, 7) is 1.89. The predicted molar refractivity (Wildman–Crippen MR) is 94.3 cm³/mol. The third kappa shape index (κ3) is 3.45. The minimum atomic E-state index is -0.468. The molecule has 0 spiro atoms. The summed E-state index contributed by atoms with van der Waals surface area (Å²) in [6.07, 6.45) is 5.29.